The van der Waals surface area contributed by atoms with Crippen LogP contribution in [0.1, 0.15) is 32.4 Å². The molecule has 174 valence electrons. The summed E-state index contributed by atoms with van der Waals surface area (Å²) in [6, 6.07) is 21.1. The standard InChI is InChI=1S/C26H19BrClN5OS/c1-15-17(10-6-12-29-15)23(20-14-30-33-25(20)28)35-21-11-5-4-9-19(21)26(34)32-22-13-16-7-2-3-8-18(16)24(27)31-22/h2-14,23H,1H3,(H,30,33)(H,31,32,34). The maximum Gasteiger partial charge on any atom is 0.257 e. The number of thioether (sulfide) groups is 1. The maximum absolute atomic E-state index is 13.4. The zero-order chi connectivity index (χ0) is 24.4. The van der Waals surface area contributed by atoms with Crippen molar-refractivity contribution in [1.29, 1.82) is 0 Å². The van der Waals surface area contributed by atoms with Crippen molar-refractivity contribution in [2.24, 2.45) is 0 Å². The Labute approximate surface area is 219 Å². The number of carbonyl (C=O) groups excluding carboxylic acids is 1. The van der Waals surface area contributed by atoms with Crippen molar-refractivity contribution < 1.29 is 4.79 Å². The number of rotatable bonds is 6. The molecule has 9 heteroatoms. The maximum atomic E-state index is 13.4. The van der Waals surface area contributed by atoms with Crippen LogP contribution in [0.5, 0.6) is 0 Å². The van der Waals surface area contributed by atoms with E-state index in [9.17, 15) is 4.79 Å². The van der Waals surface area contributed by atoms with E-state index in [0.29, 0.717) is 21.1 Å². The second kappa shape index (κ2) is 10.2. The van der Waals surface area contributed by atoms with E-state index in [0.717, 1.165) is 32.5 Å². The molecule has 5 rings (SSSR count). The molecular formula is C26H19BrClN5OS. The minimum absolute atomic E-state index is 0.211. The molecule has 35 heavy (non-hydrogen) atoms. The van der Waals surface area contributed by atoms with Crippen molar-refractivity contribution in [3.8, 4) is 0 Å². The molecule has 1 amide bonds. The lowest BCUT2D eigenvalue weighted by Crippen LogP contribution is -2.14. The molecule has 0 bridgehead atoms. The summed E-state index contributed by atoms with van der Waals surface area (Å²) in [4.78, 5) is 23.1. The van der Waals surface area contributed by atoms with Gasteiger partial charge in [0, 0.05) is 27.7 Å². The van der Waals surface area contributed by atoms with E-state index in [1.165, 1.54) is 11.8 Å². The van der Waals surface area contributed by atoms with Gasteiger partial charge in [-0.25, -0.2) is 4.98 Å². The van der Waals surface area contributed by atoms with Crippen LogP contribution in [0.25, 0.3) is 10.8 Å². The second-order valence-electron chi connectivity index (χ2n) is 7.78. The number of H-pyrrole nitrogens is 1. The lowest BCUT2D eigenvalue weighted by molar-refractivity contribution is 0.102. The predicted molar refractivity (Wildman–Crippen MR) is 144 cm³/mol. The van der Waals surface area contributed by atoms with Crippen LogP contribution in [0.2, 0.25) is 5.15 Å². The Kier molecular flexibility index (Phi) is 6.86. The first-order valence-corrected chi connectivity index (χ1v) is 12.8. The normalized spacial score (nSPS) is 12.0. The quantitative estimate of drug-likeness (QED) is 0.168. The summed E-state index contributed by atoms with van der Waals surface area (Å²) in [6.07, 6.45) is 3.47. The van der Waals surface area contributed by atoms with Gasteiger partial charge in [-0.1, -0.05) is 54.1 Å². The van der Waals surface area contributed by atoms with E-state index in [2.05, 4.69) is 41.4 Å². The zero-order valence-corrected chi connectivity index (χ0v) is 21.7. The molecule has 0 aliphatic carbocycles. The number of pyridine rings is 2. The van der Waals surface area contributed by atoms with Crippen LogP contribution in [0, 0.1) is 6.92 Å². The number of hydrogen-bond acceptors (Lipinski definition) is 5. The third kappa shape index (κ3) is 4.96. The molecule has 0 fully saturated rings. The van der Waals surface area contributed by atoms with E-state index in [1.807, 2.05) is 67.6 Å². The van der Waals surface area contributed by atoms with Crippen LogP contribution < -0.4 is 5.32 Å². The van der Waals surface area contributed by atoms with Gasteiger partial charge in [0.05, 0.1) is 17.0 Å². The number of aromatic nitrogens is 4. The fourth-order valence-corrected chi connectivity index (χ4v) is 6.02. The number of aromatic amines is 1. The number of hydrogen-bond donors (Lipinski definition) is 2. The highest BCUT2D eigenvalue weighted by molar-refractivity contribution is 9.10. The highest BCUT2D eigenvalue weighted by atomic mass is 79.9. The molecule has 0 saturated carbocycles. The van der Waals surface area contributed by atoms with Gasteiger partial charge in [-0.15, -0.1) is 11.8 Å². The minimum atomic E-state index is -0.247. The summed E-state index contributed by atoms with van der Waals surface area (Å²) < 4.78 is 0.676. The van der Waals surface area contributed by atoms with Gasteiger partial charge >= 0.3 is 0 Å². The van der Waals surface area contributed by atoms with Crippen molar-refractivity contribution in [2.75, 3.05) is 5.32 Å². The van der Waals surface area contributed by atoms with Crippen molar-refractivity contribution >= 4 is 61.8 Å². The molecular weight excluding hydrogens is 546 g/mol. The third-order valence-electron chi connectivity index (χ3n) is 5.54. The molecule has 0 radical (unpaired) electrons. The zero-order valence-electron chi connectivity index (χ0n) is 18.5. The van der Waals surface area contributed by atoms with Gasteiger partial charge in [-0.3, -0.25) is 14.9 Å². The summed E-state index contributed by atoms with van der Waals surface area (Å²) in [5.74, 6) is 0.223. The van der Waals surface area contributed by atoms with Crippen LogP contribution in [-0.2, 0) is 0 Å². The smallest absolute Gasteiger partial charge is 0.257 e. The first-order valence-electron chi connectivity index (χ1n) is 10.7. The third-order valence-corrected chi connectivity index (χ3v) is 7.81. The average Bonchev–Trinajstić information content (AvgIpc) is 3.29. The van der Waals surface area contributed by atoms with E-state index >= 15 is 0 Å². The number of aryl methyl sites for hydroxylation is 1. The molecule has 0 spiro atoms. The second-order valence-corrected chi connectivity index (χ2v) is 10.1. The van der Waals surface area contributed by atoms with Crippen LogP contribution in [0.3, 0.4) is 0 Å². The van der Waals surface area contributed by atoms with E-state index in [-0.39, 0.29) is 11.2 Å². The Balaban J connectivity index is 1.49. The number of fused-ring (bicyclic) bond motifs is 1. The van der Waals surface area contributed by atoms with Crippen LogP contribution in [-0.4, -0.2) is 26.1 Å². The number of benzene rings is 2. The molecule has 5 aromatic rings. The Morgan fingerprint density at radius 3 is 2.69 bits per heavy atom. The molecule has 1 unspecified atom stereocenters. The summed E-state index contributed by atoms with van der Waals surface area (Å²) in [7, 11) is 0. The lowest BCUT2D eigenvalue weighted by atomic mass is 10.1. The summed E-state index contributed by atoms with van der Waals surface area (Å²) in [5, 5.41) is 12.1. The molecule has 3 aromatic heterocycles. The SMILES string of the molecule is Cc1ncccc1C(Sc1ccccc1C(=O)Nc1cc2ccccc2c(Br)n1)c1cn[nH]c1Cl. The van der Waals surface area contributed by atoms with Gasteiger partial charge in [0.1, 0.15) is 15.6 Å². The molecule has 6 nitrogen and oxygen atoms in total. The Bertz CT molecular complexity index is 1540. The van der Waals surface area contributed by atoms with Gasteiger partial charge in [-0.05, 0) is 58.1 Å². The van der Waals surface area contributed by atoms with Crippen molar-refractivity contribution in [3.63, 3.8) is 0 Å². The summed E-state index contributed by atoms with van der Waals surface area (Å²) in [5.41, 5.74) is 3.24. The fraction of sp³-hybridized carbons (Fsp3) is 0.0769. The molecule has 0 aliphatic heterocycles. The first kappa shape index (κ1) is 23.5. The first-order chi connectivity index (χ1) is 17.0. The van der Waals surface area contributed by atoms with E-state index < -0.39 is 0 Å². The number of halogens is 2. The van der Waals surface area contributed by atoms with Gasteiger partial charge in [0.25, 0.3) is 5.91 Å². The summed E-state index contributed by atoms with van der Waals surface area (Å²) in [6.45, 7) is 1.96. The van der Waals surface area contributed by atoms with E-state index in [1.54, 1.807) is 18.5 Å². The number of nitrogens with zero attached hydrogens (tertiary/aromatic N) is 3. The average molecular weight is 565 g/mol. The number of anilines is 1. The monoisotopic (exact) mass is 563 g/mol. The van der Waals surface area contributed by atoms with Gasteiger partial charge in [0.15, 0.2) is 0 Å². The molecule has 0 aliphatic rings. The molecule has 3 heterocycles. The highest BCUT2D eigenvalue weighted by Gasteiger charge is 2.24. The largest absolute Gasteiger partial charge is 0.306 e. The highest BCUT2D eigenvalue weighted by Crippen LogP contribution is 2.44. The van der Waals surface area contributed by atoms with Gasteiger partial charge < -0.3 is 5.32 Å². The number of carbonyl (C=O) groups is 1. The Morgan fingerprint density at radius 2 is 1.89 bits per heavy atom. The number of amides is 1. The topological polar surface area (TPSA) is 83.6 Å². The van der Waals surface area contributed by atoms with Gasteiger partial charge in [0.2, 0.25) is 0 Å². The Hall–Kier alpha value is -3.20. The predicted octanol–water partition coefficient (Wildman–Crippen LogP) is 7.21. The summed E-state index contributed by atoms with van der Waals surface area (Å²) >= 11 is 11.5. The van der Waals surface area contributed by atoms with Crippen LogP contribution in [0.15, 0.2) is 88.6 Å². The fourth-order valence-electron chi connectivity index (χ4n) is 3.82. The molecule has 0 saturated heterocycles. The lowest BCUT2D eigenvalue weighted by Gasteiger charge is -2.19. The van der Waals surface area contributed by atoms with Crippen LogP contribution >= 0.6 is 39.3 Å². The minimum Gasteiger partial charge on any atom is -0.306 e. The Morgan fingerprint density at radius 1 is 1.09 bits per heavy atom. The van der Waals surface area contributed by atoms with Crippen molar-refractivity contribution in [3.05, 3.63) is 111 Å². The molecule has 2 N–H and O–H groups in total. The number of nitrogens with one attached hydrogen (secondary N) is 2. The molecule has 2 aromatic carbocycles. The van der Waals surface area contributed by atoms with Crippen LogP contribution in [0.4, 0.5) is 5.82 Å². The van der Waals surface area contributed by atoms with Crippen molar-refractivity contribution in [2.45, 2.75) is 17.1 Å². The van der Waals surface area contributed by atoms with Crippen molar-refractivity contribution in [1.82, 2.24) is 20.2 Å². The molecule has 1 atom stereocenters. The van der Waals surface area contributed by atoms with E-state index in [4.69, 9.17) is 11.6 Å². The van der Waals surface area contributed by atoms with Gasteiger partial charge in [-0.2, -0.15) is 5.10 Å².